The molecule has 2 aliphatic rings. The molecule has 2 saturated heterocycles. The van der Waals surface area contributed by atoms with E-state index in [0.717, 1.165) is 34.4 Å². The second-order valence-corrected chi connectivity index (χ2v) is 22.3. The number of pyridine rings is 2. The number of esters is 2. The van der Waals surface area contributed by atoms with Gasteiger partial charge in [0.25, 0.3) is 0 Å². The van der Waals surface area contributed by atoms with Gasteiger partial charge in [0.15, 0.2) is 0 Å². The minimum Gasteiger partial charge on any atom is -0.476 e. The lowest BCUT2D eigenvalue weighted by molar-refractivity contribution is -0.165. The van der Waals surface area contributed by atoms with Gasteiger partial charge in [-0.3, -0.25) is 9.59 Å². The maximum Gasteiger partial charge on any atom is 0.421 e. The molecule has 2 aliphatic heterocycles. The molecule has 6 rings (SSSR count). The summed E-state index contributed by atoms with van der Waals surface area (Å²) in [7, 11) is 0. The van der Waals surface area contributed by atoms with Crippen LogP contribution >= 0.6 is 0 Å². The summed E-state index contributed by atoms with van der Waals surface area (Å²) in [5.41, 5.74) is -2.00. The molecule has 20 heteroatoms. The molecule has 0 saturated carbocycles. The number of rotatable bonds is 12. The first-order valence-corrected chi connectivity index (χ1v) is 25.0. The van der Waals surface area contributed by atoms with Gasteiger partial charge in [-0.2, -0.15) is 26.3 Å². The maximum atomic E-state index is 13.3. The second-order valence-electron chi connectivity index (χ2n) is 22.3. The van der Waals surface area contributed by atoms with Crippen LogP contribution in [0.15, 0.2) is 85.2 Å². The summed E-state index contributed by atoms with van der Waals surface area (Å²) in [5.74, 6) is -3.04. The molecular formula is C57H74F6N4O10. The molecular weight excluding hydrogens is 1010 g/mol. The first-order chi connectivity index (χ1) is 35.2. The van der Waals surface area contributed by atoms with Gasteiger partial charge in [-0.1, -0.05) is 56.0 Å². The smallest absolute Gasteiger partial charge is 0.421 e. The van der Waals surface area contributed by atoms with Crippen molar-refractivity contribution in [2.24, 2.45) is 10.8 Å². The largest absolute Gasteiger partial charge is 0.476 e. The summed E-state index contributed by atoms with van der Waals surface area (Å²) in [6.45, 7) is 21.4. The van der Waals surface area contributed by atoms with Crippen molar-refractivity contribution in [2.45, 2.75) is 151 Å². The molecule has 2 aromatic heterocycles. The van der Waals surface area contributed by atoms with Crippen molar-refractivity contribution in [2.75, 3.05) is 39.4 Å². The van der Waals surface area contributed by atoms with Crippen molar-refractivity contribution in [3.63, 3.8) is 0 Å². The Labute approximate surface area is 448 Å². The number of halogens is 6. The fraction of sp³-hybridized carbons (Fsp3) is 0.544. The molecule has 4 aromatic rings. The molecule has 2 fully saturated rings. The molecule has 0 aliphatic carbocycles. The van der Waals surface area contributed by atoms with E-state index in [1.54, 1.807) is 79.0 Å². The number of carbonyl (C=O) groups excluding carboxylic acids is 4. The maximum absolute atomic E-state index is 13.3. The van der Waals surface area contributed by atoms with Gasteiger partial charge in [-0.25, -0.2) is 19.6 Å². The van der Waals surface area contributed by atoms with Gasteiger partial charge >= 0.3 is 36.5 Å². The Morgan fingerprint density at radius 1 is 0.532 bits per heavy atom. The van der Waals surface area contributed by atoms with Crippen molar-refractivity contribution < 1.29 is 73.9 Å². The van der Waals surface area contributed by atoms with E-state index in [2.05, 4.69) is 9.97 Å². The first kappa shape index (κ1) is 62.9. The van der Waals surface area contributed by atoms with Crippen molar-refractivity contribution in [3.05, 3.63) is 119 Å². The monoisotopic (exact) mass is 1090 g/mol. The summed E-state index contributed by atoms with van der Waals surface area (Å²) in [5, 5.41) is 0. The van der Waals surface area contributed by atoms with Crippen molar-refractivity contribution in [1.29, 1.82) is 0 Å². The van der Waals surface area contributed by atoms with Crippen LogP contribution in [0.3, 0.4) is 0 Å². The lowest BCUT2D eigenvalue weighted by Gasteiger charge is -2.40. The van der Waals surface area contributed by atoms with E-state index in [1.165, 1.54) is 24.5 Å². The zero-order chi connectivity index (χ0) is 56.6. The Kier molecular flexibility index (Phi) is 20.6. The van der Waals surface area contributed by atoms with E-state index in [9.17, 15) is 45.5 Å². The summed E-state index contributed by atoms with van der Waals surface area (Å²) in [4.78, 5) is 62.7. The highest BCUT2D eigenvalue weighted by Crippen LogP contribution is 2.39. The van der Waals surface area contributed by atoms with Crippen LogP contribution in [-0.4, -0.2) is 107 Å². The van der Waals surface area contributed by atoms with Crippen LogP contribution in [0.5, 0.6) is 11.8 Å². The van der Waals surface area contributed by atoms with Crippen LogP contribution in [0.4, 0.5) is 35.9 Å². The third kappa shape index (κ3) is 17.7. The summed E-state index contributed by atoms with van der Waals surface area (Å²) >= 11 is 0. The zero-order valence-electron chi connectivity index (χ0n) is 45.2. The predicted molar refractivity (Wildman–Crippen MR) is 276 cm³/mol. The number of carbonyl (C=O) groups is 4. The van der Waals surface area contributed by atoms with Crippen LogP contribution in [-0.2, 0) is 40.9 Å². The molecule has 424 valence electrons. The molecule has 14 nitrogen and oxygen atoms in total. The quantitative estimate of drug-likeness (QED) is 0.0753. The SMILES string of the molecule is C.Cc1ccccc1[C@@H]1CN(C(=O)OC(C)(C)C)CC[C@H]1OC(=O)C(C)(C)COc1ncccc1C(F)(F)F.Cc1ccccc1[C@H]1CN(C(=O)OC(C)(C)C)CC[C@@H]1OC(=O)C(C)(C)COc1ncccc1C(F)(F)F. The Balaban J connectivity index is 0.000000328. The zero-order valence-corrected chi connectivity index (χ0v) is 45.2. The van der Waals surface area contributed by atoms with Gasteiger partial charge in [-0.05, 0) is 130 Å². The predicted octanol–water partition coefficient (Wildman–Crippen LogP) is 12.9. The van der Waals surface area contributed by atoms with E-state index in [0.29, 0.717) is 25.9 Å². The molecule has 0 N–H and O–H groups in total. The number of hydrogen-bond donors (Lipinski definition) is 0. The van der Waals surface area contributed by atoms with Crippen LogP contribution in [0.2, 0.25) is 0 Å². The number of ether oxygens (including phenoxy) is 6. The van der Waals surface area contributed by atoms with Crippen LogP contribution in [0, 0.1) is 24.7 Å². The molecule has 0 unspecified atom stereocenters. The van der Waals surface area contributed by atoms with E-state index in [-0.39, 0.29) is 45.6 Å². The number of alkyl halides is 6. The standard InChI is InChI=1S/2C28H35F3N2O5.CH4/c2*1-18-10-7-8-11-19(18)20-16-33(25(35)38-26(2,3)4)15-13-22(20)37-24(34)27(5,6)17-36-23-21(28(29,30)31)12-9-14-32-23;/h2*7-12,14,20,22H,13,15-17H2,1-6H3;1H4/t2*20-,22+;/m10./s1. The number of likely N-dealkylation sites (tertiary alicyclic amines) is 2. The van der Waals surface area contributed by atoms with E-state index < -0.39 is 93.6 Å². The van der Waals surface area contributed by atoms with Gasteiger partial charge in [0, 0.05) is 63.3 Å². The molecule has 4 atom stereocenters. The van der Waals surface area contributed by atoms with Crippen LogP contribution in [0.1, 0.15) is 135 Å². The average Bonchev–Trinajstić information content (AvgIpc) is 3.32. The highest BCUT2D eigenvalue weighted by Gasteiger charge is 2.44. The van der Waals surface area contributed by atoms with Crippen LogP contribution in [0.25, 0.3) is 0 Å². The first-order valence-electron chi connectivity index (χ1n) is 25.0. The Morgan fingerprint density at radius 2 is 0.870 bits per heavy atom. The van der Waals surface area contributed by atoms with Gasteiger partial charge in [0.05, 0.1) is 10.8 Å². The number of aromatic nitrogens is 2. The molecule has 0 bridgehead atoms. The molecule has 2 amide bonds. The third-order valence-electron chi connectivity index (χ3n) is 12.5. The Hall–Kier alpha value is -6.60. The molecule has 0 radical (unpaired) electrons. The summed E-state index contributed by atoms with van der Waals surface area (Å²) < 4.78 is 114. The molecule has 4 heterocycles. The van der Waals surface area contributed by atoms with Crippen molar-refractivity contribution >= 4 is 24.1 Å². The Morgan fingerprint density at radius 3 is 1.18 bits per heavy atom. The van der Waals surface area contributed by atoms with Gasteiger partial charge in [0.1, 0.15) is 47.8 Å². The number of benzene rings is 2. The number of amides is 2. The van der Waals surface area contributed by atoms with Gasteiger partial charge in [0.2, 0.25) is 11.8 Å². The summed E-state index contributed by atoms with van der Waals surface area (Å²) in [6, 6.07) is 19.4. The second kappa shape index (κ2) is 25.2. The number of piperidine rings is 2. The topological polar surface area (TPSA) is 156 Å². The van der Waals surface area contributed by atoms with Gasteiger partial charge in [-0.15, -0.1) is 0 Å². The lowest BCUT2D eigenvalue weighted by Crippen LogP contribution is -2.49. The highest BCUT2D eigenvalue weighted by molar-refractivity contribution is 5.77. The fourth-order valence-electron chi connectivity index (χ4n) is 8.38. The lowest BCUT2D eigenvalue weighted by atomic mass is 9.85. The average molecular weight is 1090 g/mol. The minimum absolute atomic E-state index is 0. The van der Waals surface area contributed by atoms with E-state index >= 15 is 0 Å². The molecule has 0 spiro atoms. The number of hydrogen-bond acceptors (Lipinski definition) is 12. The number of nitrogens with zero attached hydrogens (tertiary/aromatic N) is 4. The summed E-state index contributed by atoms with van der Waals surface area (Å²) in [6.07, 6.45) is -8.13. The fourth-order valence-corrected chi connectivity index (χ4v) is 8.38. The van der Waals surface area contributed by atoms with Gasteiger partial charge < -0.3 is 38.2 Å². The molecule has 2 aromatic carbocycles. The van der Waals surface area contributed by atoms with E-state index in [4.69, 9.17) is 28.4 Å². The highest BCUT2D eigenvalue weighted by atomic mass is 19.4. The van der Waals surface area contributed by atoms with E-state index in [1.807, 2.05) is 62.4 Å². The van der Waals surface area contributed by atoms with Crippen LogP contribution < -0.4 is 9.47 Å². The van der Waals surface area contributed by atoms with Crippen molar-refractivity contribution in [3.8, 4) is 11.8 Å². The number of aryl methyl sites for hydroxylation is 2. The Bertz CT molecular complexity index is 2470. The normalized spacial score (nSPS) is 18.4. The minimum atomic E-state index is -4.64. The van der Waals surface area contributed by atoms with Crippen molar-refractivity contribution in [1.82, 2.24) is 19.8 Å². The third-order valence-corrected chi connectivity index (χ3v) is 12.5. The molecule has 77 heavy (non-hydrogen) atoms.